The molecule has 72 valence electrons. The number of ketones is 1. The molecule has 0 fully saturated rings. The van der Waals surface area contributed by atoms with Crippen LogP contribution in [0.15, 0.2) is 4.79 Å². The lowest BCUT2D eigenvalue weighted by atomic mass is 10.0. The maximum atomic E-state index is 11.3. The molecule has 0 bridgehead atoms. The maximum Gasteiger partial charge on any atom is 0.269 e. The Morgan fingerprint density at radius 2 is 2.08 bits per heavy atom. The first-order valence-corrected chi connectivity index (χ1v) is 4.21. The predicted molar refractivity (Wildman–Crippen MR) is 49.9 cm³/mol. The number of aryl methyl sites for hydroxylation is 1. The van der Waals surface area contributed by atoms with E-state index in [1.54, 1.807) is 20.9 Å². The van der Waals surface area contributed by atoms with Gasteiger partial charge in [-0.1, -0.05) is 0 Å². The molecule has 0 aliphatic rings. The van der Waals surface area contributed by atoms with Crippen LogP contribution in [0.2, 0.25) is 0 Å². The number of aromatic nitrogens is 2. The summed E-state index contributed by atoms with van der Waals surface area (Å²) >= 11 is 0. The predicted octanol–water partition coefficient (Wildman–Crippen LogP) is 0.714. The van der Waals surface area contributed by atoms with Crippen LogP contribution in [-0.2, 0) is 11.8 Å². The second kappa shape index (κ2) is 3.20. The van der Waals surface area contributed by atoms with E-state index in [1.165, 1.54) is 11.6 Å². The van der Waals surface area contributed by atoms with Crippen molar-refractivity contribution in [1.29, 1.82) is 0 Å². The number of hydrogen-bond donors (Lipinski definition) is 1. The summed E-state index contributed by atoms with van der Waals surface area (Å²) in [5, 5.41) is 2.88. The number of carbonyl (C=O) groups is 1. The molecular formula is C9H14N2O2. The first-order valence-electron chi connectivity index (χ1n) is 4.21. The van der Waals surface area contributed by atoms with Gasteiger partial charge in [-0.05, 0) is 20.8 Å². The molecule has 4 heteroatoms. The standard InChI is InChI=1S/C9H14N2O2/c1-5(7(3)12)8-6(2)9(13)11(4)10-8/h5,10H,1-4H3. The molecule has 1 heterocycles. The Labute approximate surface area is 76.6 Å². The minimum atomic E-state index is -0.228. The first kappa shape index (κ1) is 9.77. The van der Waals surface area contributed by atoms with E-state index in [-0.39, 0.29) is 17.3 Å². The van der Waals surface area contributed by atoms with Gasteiger partial charge in [0, 0.05) is 12.6 Å². The number of rotatable bonds is 2. The van der Waals surface area contributed by atoms with Gasteiger partial charge in [0.25, 0.3) is 5.56 Å². The van der Waals surface area contributed by atoms with Crippen molar-refractivity contribution >= 4 is 5.78 Å². The number of hydrogen-bond acceptors (Lipinski definition) is 2. The van der Waals surface area contributed by atoms with Crippen LogP contribution < -0.4 is 5.56 Å². The molecule has 0 saturated carbocycles. The van der Waals surface area contributed by atoms with E-state index in [4.69, 9.17) is 0 Å². The second-order valence-electron chi connectivity index (χ2n) is 3.35. The largest absolute Gasteiger partial charge is 0.299 e. The highest BCUT2D eigenvalue weighted by atomic mass is 16.1. The van der Waals surface area contributed by atoms with E-state index in [1.807, 2.05) is 0 Å². The molecule has 0 amide bonds. The third-order valence-electron chi connectivity index (χ3n) is 2.36. The fourth-order valence-electron chi connectivity index (χ4n) is 1.31. The van der Waals surface area contributed by atoms with Crippen molar-refractivity contribution in [2.24, 2.45) is 7.05 Å². The molecule has 0 spiro atoms. The number of nitrogens with one attached hydrogen (secondary N) is 1. The van der Waals surface area contributed by atoms with E-state index in [0.29, 0.717) is 5.56 Å². The molecular weight excluding hydrogens is 168 g/mol. The normalized spacial score (nSPS) is 12.9. The first-order chi connectivity index (χ1) is 5.95. The Balaban J connectivity index is 3.24. The van der Waals surface area contributed by atoms with Gasteiger partial charge in [-0.15, -0.1) is 0 Å². The Kier molecular flexibility index (Phi) is 2.40. The van der Waals surface area contributed by atoms with Crippen LogP contribution in [0.4, 0.5) is 0 Å². The lowest BCUT2D eigenvalue weighted by molar-refractivity contribution is -0.118. The minimum absolute atomic E-state index is 0.0601. The maximum absolute atomic E-state index is 11.3. The highest BCUT2D eigenvalue weighted by molar-refractivity contribution is 5.82. The zero-order valence-corrected chi connectivity index (χ0v) is 8.34. The third-order valence-corrected chi connectivity index (χ3v) is 2.36. The van der Waals surface area contributed by atoms with Gasteiger partial charge >= 0.3 is 0 Å². The molecule has 1 rings (SSSR count). The van der Waals surface area contributed by atoms with Crippen molar-refractivity contribution in [1.82, 2.24) is 9.78 Å². The Bertz CT molecular complexity index is 387. The number of carbonyl (C=O) groups excluding carboxylic acids is 1. The summed E-state index contributed by atoms with van der Waals surface area (Å²) in [6.07, 6.45) is 0. The Hall–Kier alpha value is -1.32. The molecule has 13 heavy (non-hydrogen) atoms. The summed E-state index contributed by atoms with van der Waals surface area (Å²) in [6.45, 7) is 5.05. The number of nitrogens with zero attached hydrogens (tertiary/aromatic N) is 1. The molecule has 4 nitrogen and oxygen atoms in total. The Morgan fingerprint density at radius 1 is 1.54 bits per heavy atom. The SMILES string of the molecule is CC(=O)C(C)c1[nH]n(C)c(=O)c1C. The van der Waals surface area contributed by atoms with Gasteiger partial charge in [-0.3, -0.25) is 19.4 Å². The quantitative estimate of drug-likeness (QED) is 0.732. The van der Waals surface area contributed by atoms with Crippen LogP contribution in [0.5, 0.6) is 0 Å². The molecule has 1 atom stereocenters. The summed E-state index contributed by atoms with van der Waals surface area (Å²) in [5.74, 6) is -0.168. The average molecular weight is 182 g/mol. The van der Waals surface area contributed by atoms with Crippen molar-refractivity contribution in [2.45, 2.75) is 26.7 Å². The molecule has 0 aliphatic carbocycles. The lowest BCUT2D eigenvalue weighted by Crippen LogP contribution is -2.13. The molecule has 0 aliphatic heterocycles. The van der Waals surface area contributed by atoms with E-state index in [0.717, 1.165) is 5.69 Å². The van der Waals surface area contributed by atoms with E-state index >= 15 is 0 Å². The van der Waals surface area contributed by atoms with Gasteiger partial charge in [0.1, 0.15) is 5.78 Å². The third kappa shape index (κ3) is 1.56. The van der Waals surface area contributed by atoms with Gasteiger partial charge in [0.15, 0.2) is 0 Å². The van der Waals surface area contributed by atoms with Gasteiger partial charge in [-0.2, -0.15) is 0 Å². The van der Waals surface area contributed by atoms with Crippen molar-refractivity contribution in [2.75, 3.05) is 0 Å². The zero-order valence-electron chi connectivity index (χ0n) is 8.34. The summed E-state index contributed by atoms with van der Waals surface area (Å²) in [7, 11) is 1.64. The zero-order chi connectivity index (χ0) is 10.2. The van der Waals surface area contributed by atoms with Crippen LogP contribution in [0, 0.1) is 6.92 Å². The fraction of sp³-hybridized carbons (Fsp3) is 0.556. The highest BCUT2D eigenvalue weighted by Gasteiger charge is 2.17. The van der Waals surface area contributed by atoms with Crippen LogP contribution in [-0.4, -0.2) is 15.6 Å². The summed E-state index contributed by atoms with van der Waals surface area (Å²) in [4.78, 5) is 22.4. The average Bonchev–Trinajstić information content (AvgIpc) is 2.31. The molecule has 0 aromatic carbocycles. The molecule has 0 radical (unpaired) electrons. The van der Waals surface area contributed by atoms with Gasteiger partial charge in [0.2, 0.25) is 0 Å². The van der Waals surface area contributed by atoms with Gasteiger partial charge in [-0.25, -0.2) is 0 Å². The smallest absolute Gasteiger partial charge is 0.269 e. The molecule has 1 aromatic rings. The second-order valence-corrected chi connectivity index (χ2v) is 3.35. The van der Waals surface area contributed by atoms with Gasteiger partial charge < -0.3 is 0 Å². The van der Waals surface area contributed by atoms with E-state index in [9.17, 15) is 9.59 Å². The van der Waals surface area contributed by atoms with Crippen molar-refractivity contribution in [3.63, 3.8) is 0 Å². The highest BCUT2D eigenvalue weighted by Crippen LogP contribution is 2.14. The van der Waals surface area contributed by atoms with Crippen LogP contribution in [0.3, 0.4) is 0 Å². The number of Topliss-reactive ketones (excluding diaryl/α,β-unsaturated/α-hetero) is 1. The van der Waals surface area contributed by atoms with Crippen LogP contribution in [0.1, 0.15) is 31.0 Å². The monoisotopic (exact) mass is 182 g/mol. The van der Waals surface area contributed by atoms with Crippen molar-refractivity contribution < 1.29 is 4.79 Å². The summed E-state index contributed by atoms with van der Waals surface area (Å²) in [5.41, 5.74) is 1.29. The van der Waals surface area contributed by atoms with Crippen LogP contribution in [0.25, 0.3) is 0 Å². The Morgan fingerprint density at radius 3 is 2.38 bits per heavy atom. The number of H-pyrrole nitrogens is 1. The minimum Gasteiger partial charge on any atom is -0.299 e. The molecule has 0 saturated heterocycles. The van der Waals surface area contributed by atoms with Crippen molar-refractivity contribution in [3.8, 4) is 0 Å². The fourth-order valence-corrected chi connectivity index (χ4v) is 1.31. The van der Waals surface area contributed by atoms with Gasteiger partial charge in [0.05, 0.1) is 11.6 Å². The van der Waals surface area contributed by atoms with E-state index in [2.05, 4.69) is 5.10 Å². The summed E-state index contributed by atoms with van der Waals surface area (Å²) < 4.78 is 1.39. The lowest BCUT2D eigenvalue weighted by Gasteiger charge is -2.04. The van der Waals surface area contributed by atoms with Crippen molar-refractivity contribution in [3.05, 3.63) is 21.6 Å². The molecule has 1 unspecified atom stereocenters. The van der Waals surface area contributed by atoms with E-state index < -0.39 is 0 Å². The molecule has 1 N–H and O–H groups in total. The van der Waals surface area contributed by atoms with Crippen LogP contribution >= 0.6 is 0 Å². The molecule has 1 aromatic heterocycles. The summed E-state index contributed by atoms with van der Waals surface area (Å²) in [6, 6.07) is 0. The number of aromatic amines is 1. The topological polar surface area (TPSA) is 54.9 Å².